The summed E-state index contributed by atoms with van der Waals surface area (Å²) in [4.78, 5) is 43.0. The second-order valence-electron chi connectivity index (χ2n) is 8.65. The predicted molar refractivity (Wildman–Crippen MR) is 130 cm³/mol. The van der Waals surface area contributed by atoms with E-state index in [2.05, 4.69) is 25.0 Å². The van der Waals surface area contributed by atoms with Crippen molar-refractivity contribution in [2.75, 3.05) is 26.2 Å². The number of benzene rings is 1. The van der Waals surface area contributed by atoms with Crippen molar-refractivity contribution in [3.63, 3.8) is 0 Å². The zero-order valence-electron chi connectivity index (χ0n) is 19.5. The molecule has 9 nitrogen and oxygen atoms in total. The fraction of sp³-hybridized carbons (Fsp3) is 0.375. The van der Waals surface area contributed by atoms with Crippen LogP contribution in [0.15, 0.2) is 33.6 Å². The zero-order valence-corrected chi connectivity index (χ0v) is 20.3. The standard InChI is InChI=1S/C24H25FN6O3S/c1-14-15(2)35-24-21(14)23(33)26-18(27-24)13-30-9-11-31(12-10-30)20(32)8-7-19-28-22(29-34-19)16-3-5-17(25)6-4-16/h3-6H,7-13H2,1-2H3,(H,26,27,33). The third-order valence-corrected chi connectivity index (χ3v) is 7.41. The number of amides is 1. The van der Waals surface area contributed by atoms with Gasteiger partial charge in [0.05, 0.1) is 11.9 Å². The van der Waals surface area contributed by atoms with Crippen LogP contribution in [0, 0.1) is 19.7 Å². The van der Waals surface area contributed by atoms with E-state index >= 15 is 0 Å². The van der Waals surface area contributed by atoms with Gasteiger partial charge in [-0.15, -0.1) is 11.3 Å². The molecular weight excluding hydrogens is 471 g/mol. The summed E-state index contributed by atoms with van der Waals surface area (Å²) >= 11 is 1.54. The number of carbonyl (C=O) groups is 1. The molecule has 35 heavy (non-hydrogen) atoms. The average Bonchev–Trinajstić information content (AvgIpc) is 3.43. The van der Waals surface area contributed by atoms with Gasteiger partial charge >= 0.3 is 0 Å². The summed E-state index contributed by atoms with van der Waals surface area (Å²) in [5.74, 6) is 1.10. The number of fused-ring (bicyclic) bond motifs is 1. The van der Waals surface area contributed by atoms with Gasteiger partial charge in [0, 0.05) is 49.5 Å². The Bertz CT molecular complexity index is 1420. The third kappa shape index (κ3) is 5.01. The van der Waals surface area contributed by atoms with Gasteiger partial charge in [0.25, 0.3) is 5.56 Å². The van der Waals surface area contributed by atoms with Crippen molar-refractivity contribution in [3.05, 3.63) is 62.6 Å². The van der Waals surface area contributed by atoms with Crippen LogP contribution >= 0.6 is 11.3 Å². The Labute approximate surface area is 204 Å². The lowest BCUT2D eigenvalue weighted by atomic mass is 10.2. The fourth-order valence-corrected chi connectivity index (χ4v) is 5.23. The van der Waals surface area contributed by atoms with E-state index in [1.165, 1.54) is 12.1 Å². The van der Waals surface area contributed by atoms with Crippen LogP contribution in [-0.2, 0) is 17.8 Å². The van der Waals surface area contributed by atoms with E-state index in [0.717, 1.165) is 15.3 Å². The Hall–Kier alpha value is -3.44. The number of carbonyl (C=O) groups excluding carboxylic acids is 1. The second-order valence-corrected chi connectivity index (χ2v) is 9.85. The molecule has 182 valence electrons. The van der Waals surface area contributed by atoms with Crippen molar-refractivity contribution in [3.8, 4) is 11.4 Å². The van der Waals surface area contributed by atoms with Gasteiger partial charge in [0.1, 0.15) is 16.5 Å². The molecule has 0 bridgehead atoms. The monoisotopic (exact) mass is 496 g/mol. The first kappa shape index (κ1) is 23.3. The Morgan fingerprint density at radius 1 is 1.14 bits per heavy atom. The first-order valence-electron chi connectivity index (χ1n) is 11.4. The van der Waals surface area contributed by atoms with Gasteiger partial charge in [-0.1, -0.05) is 5.16 Å². The van der Waals surface area contributed by atoms with Crippen LogP contribution in [0.4, 0.5) is 4.39 Å². The number of H-pyrrole nitrogens is 1. The SMILES string of the molecule is Cc1sc2nc(CN3CCN(C(=O)CCc4nc(-c5ccc(F)cc5)no4)CC3)[nH]c(=O)c2c1C. The van der Waals surface area contributed by atoms with E-state index in [9.17, 15) is 14.0 Å². The number of rotatable bonds is 6. The topological polar surface area (TPSA) is 108 Å². The van der Waals surface area contributed by atoms with Crippen molar-refractivity contribution in [1.82, 2.24) is 29.9 Å². The highest BCUT2D eigenvalue weighted by Crippen LogP contribution is 2.26. The number of piperazine rings is 1. The smallest absolute Gasteiger partial charge is 0.259 e. The molecule has 11 heteroatoms. The summed E-state index contributed by atoms with van der Waals surface area (Å²) in [5, 5.41) is 4.60. The highest BCUT2D eigenvalue weighted by Gasteiger charge is 2.23. The number of hydrogen-bond donors (Lipinski definition) is 1. The lowest BCUT2D eigenvalue weighted by Gasteiger charge is -2.34. The number of aromatic amines is 1. The summed E-state index contributed by atoms with van der Waals surface area (Å²) in [6.07, 6.45) is 0.617. The molecule has 1 aliphatic rings. The molecule has 0 radical (unpaired) electrons. The Morgan fingerprint density at radius 3 is 2.63 bits per heavy atom. The van der Waals surface area contributed by atoms with Gasteiger partial charge in [0.15, 0.2) is 0 Å². The summed E-state index contributed by atoms with van der Waals surface area (Å²) < 4.78 is 18.3. The maximum absolute atomic E-state index is 13.1. The molecule has 3 aromatic heterocycles. The molecule has 0 spiro atoms. The van der Waals surface area contributed by atoms with Crippen LogP contribution in [0.25, 0.3) is 21.6 Å². The van der Waals surface area contributed by atoms with Crippen molar-refractivity contribution in [2.45, 2.75) is 33.2 Å². The Balaban J connectivity index is 1.12. The van der Waals surface area contributed by atoms with Gasteiger partial charge in [-0.25, -0.2) is 9.37 Å². The molecule has 0 aliphatic carbocycles. The first-order valence-corrected chi connectivity index (χ1v) is 12.3. The van der Waals surface area contributed by atoms with Crippen LogP contribution < -0.4 is 5.56 Å². The van der Waals surface area contributed by atoms with E-state index in [-0.39, 0.29) is 23.7 Å². The molecule has 5 rings (SSSR count). The molecule has 0 saturated carbocycles. The number of aryl methyl sites for hydroxylation is 3. The molecule has 0 atom stereocenters. The van der Waals surface area contributed by atoms with E-state index in [0.29, 0.717) is 67.6 Å². The van der Waals surface area contributed by atoms with E-state index in [1.54, 1.807) is 23.5 Å². The highest BCUT2D eigenvalue weighted by molar-refractivity contribution is 7.18. The lowest BCUT2D eigenvalue weighted by Crippen LogP contribution is -2.48. The van der Waals surface area contributed by atoms with Crippen molar-refractivity contribution in [1.29, 1.82) is 0 Å². The van der Waals surface area contributed by atoms with Gasteiger partial charge in [-0.2, -0.15) is 4.98 Å². The summed E-state index contributed by atoms with van der Waals surface area (Å²) in [7, 11) is 0. The predicted octanol–water partition coefficient (Wildman–Crippen LogP) is 3.07. The number of thiophene rings is 1. The maximum Gasteiger partial charge on any atom is 0.259 e. The third-order valence-electron chi connectivity index (χ3n) is 6.31. The Morgan fingerprint density at radius 2 is 1.89 bits per heavy atom. The second kappa shape index (κ2) is 9.67. The van der Waals surface area contributed by atoms with Gasteiger partial charge < -0.3 is 14.4 Å². The number of hydrogen-bond acceptors (Lipinski definition) is 8. The molecule has 0 unspecified atom stereocenters. The summed E-state index contributed by atoms with van der Waals surface area (Å²) in [6.45, 7) is 7.10. The number of aromatic nitrogens is 4. The fourth-order valence-electron chi connectivity index (χ4n) is 4.19. The van der Waals surface area contributed by atoms with Gasteiger partial charge in [-0.05, 0) is 43.7 Å². The summed E-state index contributed by atoms with van der Waals surface area (Å²) in [5.41, 5.74) is 1.55. The van der Waals surface area contributed by atoms with E-state index in [1.807, 2.05) is 18.7 Å². The first-order chi connectivity index (χ1) is 16.9. The van der Waals surface area contributed by atoms with Crippen LogP contribution in [0.2, 0.25) is 0 Å². The van der Waals surface area contributed by atoms with Crippen molar-refractivity contribution in [2.24, 2.45) is 0 Å². The molecule has 1 amide bonds. The molecule has 1 N–H and O–H groups in total. The Kier molecular flexibility index (Phi) is 6.44. The minimum Gasteiger partial charge on any atom is -0.340 e. The number of nitrogens with zero attached hydrogens (tertiary/aromatic N) is 5. The summed E-state index contributed by atoms with van der Waals surface area (Å²) in [6, 6.07) is 5.84. The van der Waals surface area contributed by atoms with Crippen molar-refractivity contribution < 1.29 is 13.7 Å². The molecule has 4 heterocycles. The minimum absolute atomic E-state index is 0.0312. The highest BCUT2D eigenvalue weighted by atomic mass is 32.1. The molecule has 1 aliphatic heterocycles. The van der Waals surface area contributed by atoms with E-state index < -0.39 is 0 Å². The van der Waals surface area contributed by atoms with E-state index in [4.69, 9.17) is 4.52 Å². The van der Waals surface area contributed by atoms with Crippen LogP contribution in [0.1, 0.15) is 28.6 Å². The zero-order chi connectivity index (χ0) is 24.5. The molecule has 1 saturated heterocycles. The normalized spacial score (nSPS) is 14.7. The number of nitrogens with one attached hydrogen (secondary N) is 1. The molecule has 4 aromatic rings. The molecule has 1 aromatic carbocycles. The van der Waals surface area contributed by atoms with Crippen LogP contribution in [-0.4, -0.2) is 62.0 Å². The quantitative estimate of drug-likeness (QED) is 0.437. The molecular formula is C24H25FN6O3S. The van der Waals surface area contributed by atoms with Gasteiger partial charge in [0.2, 0.25) is 17.6 Å². The van der Waals surface area contributed by atoms with Crippen molar-refractivity contribution >= 4 is 27.5 Å². The van der Waals surface area contributed by atoms with Crippen LogP contribution in [0.5, 0.6) is 0 Å². The molecule has 1 fully saturated rings. The van der Waals surface area contributed by atoms with Gasteiger partial charge in [-0.3, -0.25) is 14.5 Å². The van der Waals surface area contributed by atoms with Crippen LogP contribution in [0.3, 0.4) is 0 Å². The average molecular weight is 497 g/mol. The lowest BCUT2D eigenvalue weighted by molar-refractivity contribution is -0.133. The number of halogens is 1. The largest absolute Gasteiger partial charge is 0.340 e. The minimum atomic E-state index is -0.332. The maximum atomic E-state index is 13.1.